The summed E-state index contributed by atoms with van der Waals surface area (Å²) in [5, 5.41) is 0.769. The molecular formula is C12H16BrNS. The van der Waals surface area contributed by atoms with E-state index in [1.165, 1.54) is 30.6 Å². The van der Waals surface area contributed by atoms with Crippen LogP contribution in [-0.2, 0) is 0 Å². The smallest absolute Gasteiger partial charge is 0.0176 e. The number of thioether (sulfide) groups is 1. The SMILES string of the molecule is NC1CCC(Sc2ccc(Br)cc2)CC1. The third kappa shape index (κ3) is 3.51. The van der Waals surface area contributed by atoms with Crippen molar-refractivity contribution in [3.05, 3.63) is 28.7 Å². The van der Waals surface area contributed by atoms with E-state index in [1.807, 2.05) is 11.8 Å². The summed E-state index contributed by atoms with van der Waals surface area (Å²) in [7, 11) is 0. The van der Waals surface area contributed by atoms with Crippen LogP contribution in [0.3, 0.4) is 0 Å². The van der Waals surface area contributed by atoms with Crippen molar-refractivity contribution in [3.63, 3.8) is 0 Å². The van der Waals surface area contributed by atoms with E-state index in [1.54, 1.807) is 0 Å². The second-order valence-corrected chi connectivity index (χ2v) is 6.40. The number of halogens is 1. The van der Waals surface area contributed by atoms with Crippen LogP contribution in [0.5, 0.6) is 0 Å². The summed E-state index contributed by atoms with van der Waals surface area (Å²) in [5.74, 6) is 0. The fraction of sp³-hybridized carbons (Fsp3) is 0.500. The third-order valence-corrected chi connectivity index (χ3v) is 4.71. The monoisotopic (exact) mass is 285 g/mol. The van der Waals surface area contributed by atoms with Gasteiger partial charge in [0, 0.05) is 20.7 Å². The highest BCUT2D eigenvalue weighted by atomic mass is 79.9. The Morgan fingerprint density at radius 1 is 1.07 bits per heavy atom. The van der Waals surface area contributed by atoms with E-state index >= 15 is 0 Å². The molecule has 15 heavy (non-hydrogen) atoms. The lowest BCUT2D eigenvalue weighted by Gasteiger charge is -2.25. The highest BCUT2D eigenvalue weighted by molar-refractivity contribution is 9.10. The number of nitrogens with two attached hydrogens (primary N) is 1. The molecule has 0 bridgehead atoms. The Kier molecular flexibility index (Phi) is 4.12. The largest absolute Gasteiger partial charge is 0.328 e. The van der Waals surface area contributed by atoms with Crippen LogP contribution in [-0.4, -0.2) is 11.3 Å². The maximum absolute atomic E-state index is 5.89. The van der Waals surface area contributed by atoms with E-state index in [2.05, 4.69) is 40.2 Å². The molecule has 1 nitrogen and oxygen atoms in total. The Morgan fingerprint density at radius 3 is 2.27 bits per heavy atom. The molecule has 0 unspecified atom stereocenters. The van der Waals surface area contributed by atoms with E-state index in [-0.39, 0.29) is 0 Å². The zero-order chi connectivity index (χ0) is 10.7. The molecular weight excluding hydrogens is 270 g/mol. The lowest BCUT2D eigenvalue weighted by Crippen LogP contribution is -2.27. The molecule has 1 aromatic carbocycles. The van der Waals surface area contributed by atoms with Gasteiger partial charge in [-0.3, -0.25) is 0 Å². The molecule has 1 fully saturated rings. The van der Waals surface area contributed by atoms with Crippen LogP contribution in [0.15, 0.2) is 33.6 Å². The fourth-order valence-corrected chi connectivity index (χ4v) is 3.36. The molecule has 1 saturated carbocycles. The van der Waals surface area contributed by atoms with Gasteiger partial charge < -0.3 is 5.73 Å². The summed E-state index contributed by atoms with van der Waals surface area (Å²) >= 11 is 5.45. The number of benzene rings is 1. The molecule has 1 aliphatic rings. The predicted molar refractivity (Wildman–Crippen MR) is 70.2 cm³/mol. The van der Waals surface area contributed by atoms with Crippen LogP contribution in [0.25, 0.3) is 0 Å². The van der Waals surface area contributed by atoms with Crippen molar-refractivity contribution in [1.82, 2.24) is 0 Å². The summed E-state index contributed by atoms with van der Waals surface area (Å²) in [5.41, 5.74) is 5.89. The van der Waals surface area contributed by atoms with Gasteiger partial charge in [0.2, 0.25) is 0 Å². The van der Waals surface area contributed by atoms with Gasteiger partial charge in [0.05, 0.1) is 0 Å². The maximum atomic E-state index is 5.89. The van der Waals surface area contributed by atoms with E-state index < -0.39 is 0 Å². The summed E-state index contributed by atoms with van der Waals surface area (Å²) in [6.07, 6.45) is 4.91. The Hall–Kier alpha value is 0.01000. The molecule has 82 valence electrons. The molecule has 0 aliphatic heterocycles. The van der Waals surface area contributed by atoms with Crippen LogP contribution in [0.4, 0.5) is 0 Å². The third-order valence-electron chi connectivity index (χ3n) is 2.84. The van der Waals surface area contributed by atoms with Gasteiger partial charge in [-0.05, 0) is 49.9 Å². The van der Waals surface area contributed by atoms with E-state index in [4.69, 9.17) is 5.73 Å². The van der Waals surface area contributed by atoms with Crippen LogP contribution in [0, 0.1) is 0 Å². The summed E-state index contributed by atoms with van der Waals surface area (Å²) in [4.78, 5) is 1.37. The summed E-state index contributed by atoms with van der Waals surface area (Å²) < 4.78 is 1.15. The van der Waals surface area contributed by atoms with Gasteiger partial charge in [0.1, 0.15) is 0 Å². The number of rotatable bonds is 2. The van der Waals surface area contributed by atoms with Gasteiger partial charge in [-0.25, -0.2) is 0 Å². The van der Waals surface area contributed by atoms with E-state index in [9.17, 15) is 0 Å². The molecule has 1 aromatic rings. The Labute approximate surface area is 104 Å². The van der Waals surface area contributed by atoms with Gasteiger partial charge in [-0.15, -0.1) is 11.8 Å². The zero-order valence-corrected chi connectivity index (χ0v) is 11.1. The molecule has 0 spiro atoms. The van der Waals surface area contributed by atoms with Crippen molar-refractivity contribution < 1.29 is 0 Å². The molecule has 1 aliphatic carbocycles. The molecule has 0 heterocycles. The lowest BCUT2D eigenvalue weighted by molar-refractivity contribution is 0.451. The van der Waals surface area contributed by atoms with E-state index in [0.29, 0.717) is 6.04 Å². The summed E-state index contributed by atoms with van der Waals surface area (Å²) in [6.45, 7) is 0. The van der Waals surface area contributed by atoms with Crippen LogP contribution < -0.4 is 5.73 Å². The highest BCUT2D eigenvalue weighted by Gasteiger charge is 2.19. The van der Waals surface area contributed by atoms with Crippen LogP contribution in [0.2, 0.25) is 0 Å². The summed E-state index contributed by atoms with van der Waals surface area (Å²) in [6, 6.07) is 9.03. The molecule has 2 N–H and O–H groups in total. The minimum atomic E-state index is 0.451. The van der Waals surface area contributed by atoms with Gasteiger partial charge >= 0.3 is 0 Å². The van der Waals surface area contributed by atoms with Crippen molar-refractivity contribution >= 4 is 27.7 Å². The Morgan fingerprint density at radius 2 is 1.67 bits per heavy atom. The average Bonchev–Trinajstić information content (AvgIpc) is 2.25. The standard InChI is InChI=1S/C12H16BrNS/c13-9-1-5-11(6-2-9)15-12-7-3-10(14)4-8-12/h1-2,5-6,10,12H,3-4,7-8,14H2. The van der Waals surface area contributed by atoms with Gasteiger partial charge in [0.25, 0.3) is 0 Å². The molecule has 0 amide bonds. The second-order valence-electron chi connectivity index (χ2n) is 4.11. The molecule has 0 atom stereocenters. The highest BCUT2D eigenvalue weighted by Crippen LogP contribution is 2.33. The Bertz CT molecular complexity index is 304. The van der Waals surface area contributed by atoms with Crippen molar-refractivity contribution in [1.29, 1.82) is 0 Å². The molecule has 0 aromatic heterocycles. The van der Waals surface area contributed by atoms with Crippen molar-refractivity contribution in [3.8, 4) is 0 Å². The molecule has 0 radical (unpaired) electrons. The quantitative estimate of drug-likeness (QED) is 0.894. The van der Waals surface area contributed by atoms with Gasteiger partial charge in [-0.2, -0.15) is 0 Å². The topological polar surface area (TPSA) is 26.0 Å². The molecule has 3 heteroatoms. The van der Waals surface area contributed by atoms with E-state index in [0.717, 1.165) is 9.72 Å². The first-order valence-electron chi connectivity index (χ1n) is 5.42. The number of hydrogen-bond acceptors (Lipinski definition) is 2. The number of hydrogen-bond donors (Lipinski definition) is 1. The second kappa shape index (κ2) is 5.37. The van der Waals surface area contributed by atoms with Crippen molar-refractivity contribution in [2.45, 2.75) is 41.9 Å². The van der Waals surface area contributed by atoms with Gasteiger partial charge in [-0.1, -0.05) is 15.9 Å². The lowest BCUT2D eigenvalue weighted by atomic mass is 9.96. The molecule has 2 rings (SSSR count). The fourth-order valence-electron chi connectivity index (χ4n) is 1.91. The average molecular weight is 286 g/mol. The minimum absolute atomic E-state index is 0.451. The molecule has 0 saturated heterocycles. The van der Waals surface area contributed by atoms with Crippen LogP contribution in [0.1, 0.15) is 25.7 Å². The predicted octanol–water partition coefficient (Wildman–Crippen LogP) is 3.81. The zero-order valence-electron chi connectivity index (χ0n) is 8.66. The van der Waals surface area contributed by atoms with Crippen molar-refractivity contribution in [2.75, 3.05) is 0 Å². The first-order valence-corrected chi connectivity index (χ1v) is 7.09. The van der Waals surface area contributed by atoms with Gasteiger partial charge in [0.15, 0.2) is 0 Å². The van der Waals surface area contributed by atoms with Crippen LogP contribution >= 0.6 is 27.7 Å². The minimum Gasteiger partial charge on any atom is -0.328 e. The normalized spacial score (nSPS) is 26.5. The maximum Gasteiger partial charge on any atom is 0.0176 e. The van der Waals surface area contributed by atoms with Crippen molar-refractivity contribution in [2.24, 2.45) is 5.73 Å². The first kappa shape index (κ1) is 11.5. The first-order chi connectivity index (χ1) is 7.24. The Balaban J connectivity index is 1.89.